The fraction of sp³-hybridized carbons (Fsp3) is 1.00. The summed E-state index contributed by atoms with van der Waals surface area (Å²) in [5.74, 6) is 0. The molecule has 0 bridgehead atoms. The molecule has 12 heavy (non-hydrogen) atoms. The molecule has 0 unspecified atom stereocenters. The molecule has 0 aromatic heterocycles. The van der Waals surface area contributed by atoms with Crippen molar-refractivity contribution in [2.24, 2.45) is 0 Å². The number of hydrogen-bond donors (Lipinski definition) is 1. The number of hydroxylamine groups is 1. The van der Waals surface area contributed by atoms with Gasteiger partial charge in [0.05, 0.1) is 13.2 Å². The summed E-state index contributed by atoms with van der Waals surface area (Å²) < 4.78 is 4.75. The zero-order chi connectivity index (χ0) is 10.2. The van der Waals surface area contributed by atoms with Crippen molar-refractivity contribution in [2.45, 2.75) is 34.6 Å². The van der Waals surface area contributed by atoms with Gasteiger partial charge in [-0.15, -0.1) is 0 Å². The maximum absolute atomic E-state index is 4.81. The van der Waals surface area contributed by atoms with E-state index in [4.69, 9.17) is 9.57 Å². The van der Waals surface area contributed by atoms with Crippen LogP contribution in [0.1, 0.15) is 34.6 Å². The van der Waals surface area contributed by atoms with Crippen molar-refractivity contribution in [3.05, 3.63) is 0 Å². The van der Waals surface area contributed by atoms with Gasteiger partial charge in [-0.2, -0.15) is 0 Å². The molecule has 0 atom stereocenters. The molecule has 0 radical (unpaired) electrons. The SMILES string of the molecule is CC.CC.CCONCCOC. The van der Waals surface area contributed by atoms with E-state index in [1.165, 1.54) is 0 Å². The first kappa shape index (κ1) is 17.8. The summed E-state index contributed by atoms with van der Waals surface area (Å²) in [6, 6.07) is 0. The maximum atomic E-state index is 4.81. The molecular formula is C9H25NO2. The van der Waals surface area contributed by atoms with Crippen LogP contribution in [0.3, 0.4) is 0 Å². The number of ether oxygens (including phenoxy) is 1. The highest BCUT2D eigenvalue weighted by Crippen LogP contribution is 1.65. The fourth-order valence-corrected chi connectivity index (χ4v) is 0.318. The number of nitrogens with one attached hydrogen (secondary N) is 1. The summed E-state index contributed by atoms with van der Waals surface area (Å²) >= 11 is 0. The Hall–Kier alpha value is -0.120. The second-order valence-electron chi connectivity index (χ2n) is 1.32. The first-order valence-corrected chi connectivity index (χ1v) is 4.75. The Morgan fingerprint density at radius 1 is 1.08 bits per heavy atom. The summed E-state index contributed by atoms with van der Waals surface area (Å²) in [4.78, 5) is 4.81. The predicted molar refractivity (Wildman–Crippen MR) is 54.2 cm³/mol. The minimum Gasteiger partial charge on any atom is -0.383 e. The molecular weight excluding hydrogens is 154 g/mol. The van der Waals surface area contributed by atoms with Crippen molar-refractivity contribution in [3.63, 3.8) is 0 Å². The van der Waals surface area contributed by atoms with Gasteiger partial charge < -0.3 is 9.57 Å². The van der Waals surface area contributed by atoms with E-state index < -0.39 is 0 Å². The highest BCUT2D eigenvalue weighted by Gasteiger charge is 1.79. The van der Waals surface area contributed by atoms with Crippen molar-refractivity contribution in [1.29, 1.82) is 0 Å². The molecule has 0 aromatic carbocycles. The van der Waals surface area contributed by atoms with Gasteiger partial charge in [-0.1, -0.05) is 27.7 Å². The van der Waals surface area contributed by atoms with Crippen molar-refractivity contribution in [1.82, 2.24) is 5.48 Å². The van der Waals surface area contributed by atoms with Gasteiger partial charge in [-0.25, -0.2) is 5.48 Å². The highest BCUT2D eigenvalue weighted by molar-refractivity contribution is 4.27. The van der Waals surface area contributed by atoms with Crippen molar-refractivity contribution in [2.75, 3.05) is 26.9 Å². The lowest BCUT2D eigenvalue weighted by molar-refractivity contribution is 0.0353. The normalized spacial score (nSPS) is 7.50. The summed E-state index contributed by atoms with van der Waals surface area (Å²) in [7, 11) is 1.66. The number of rotatable bonds is 5. The minimum absolute atomic E-state index is 0.694. The quantitative estimate of drug-likeness (QED) is 0.518. The van der Waals surface area contributed by atoms with E-state index in [9.17, 15) is 0 Å². The van der Waals surface area contributed by atoms with Crippen molar-refractivity contribution >= 4 is 0 Å². The Balaban J connectivity index is -0.000000175. The van der Waals surface area contributed by atoms with E-state index in [1.54, 1.807) is 7.11 Å². The fourth-order valence-electron chi connectivity index (χ4n) is 0.318. The average molecular weight is 179 g/mol. The van der Waals surface area contributed by atoms with Gasteiger partial charge in [-0.05, 0) is 6.92 Å². The van der Waals surface area contributed by atoms with E-state index in [0.717, 1.165) is 6.54 Å². The van der Waals surface area contributed by atoms with Crippen molar-refractivity contribution in [3.8, 4) is 0 Å². The lowest BCUT2D eigenvalue weighted by atomic mass is 10.7. The highest BCUT2D eigenvalue weighted by atomic mass is 16.6. The van der Waals surface area contributed by atoms with Crippen molar-refractivity contribution < 1.29 is 9.57 Å². The van der Waals surface area contributed by atoms with Gasteiger partial charge in [0.15, 0.2) is 0 Å². The Bertz CT molecular complexity index is 37.5. The third-order valence-electron chi connectivity index (χ3n) is 0.655. The van der Waals surface area contributed by atoms with Gasteiger partial charge in [0.25, 0.3) is 0 Å². The molecule has 0 aliphatic heterocycles. The van der Waals surface area contributed by atoms with E-state index in [-0.39, 0.29) is 0 Å². The molecule has 0 heterocycles. The predicted octanol–water partition coefficient (Wildman–Crippen LogP) is 2.23. The van der Waals surface area contributed by atoms with Crippen LogP contribution in [-0.2, 0) is 9.57 Å². The van der Waals surface area contributed by atoms with Crippen LogP contribution >= 0.6 is 0 Å². The maximum Gasteiger partial charge on any atom is 0.0653 e. The lowest BCUT2D eigenvalue weighted by Crippen LogP contribution is -2.19. The van der Waals surface area contributed by atoms with Crippen LogP contribution in [0, 0.1) is 0 Å². The summed E-state index contributed by atoms with van der Waals surface area (Å²) in [6.45, 7) is 12.1. The molecule has 0 spiro atoms. The zero-order valence-corrected chi connectivity index (χ0v) is 9.44. The molecule has 1 N–H and O–H groups in total. The standard InChI is InChI=1S/C5H13NO2.2C2H6/c1-3-8-6-4-5-7-2;2*1-2/h6H,3-5H2,1-2H3;2*1-2H3. The van der Waals surface area contributed by atoms with Crippen LogP contribution in [0.5, 0.6) is 0 Å². The molecule has 78 valence electrons. The second-order valence-corrected chi connectivity index (χ2v) is 1.32. The first-order valence-electron chi connectivity index (χ1n) is 4.75. The Labute approximate surface area is 77.4 Å². The van der Waals surface area contributed by atoms with Gasteiger partial charge in [-0.3, -0.25) is 0 Å². The molecule has 0 saturated heterocycles. The number of hydrogen-bond acceptors (Lipinski definition) is 3. The van der Waals surface area contributed by atoms with E-state index >= 15 is 0 Å². The van der Waals surface area contributed by atoms with Crippen LogP contribution in [-0.4, -0.2) is 26.9 Å². The summed E-state index contributed by atoms with van der Waals surface area (Å²) in [5, 5.41) is 0. The lowest BCUT2D eigenvalue weighted by Gasteiger charge is -2.00. The number of methoxy groups -OCH3 is 1. The summed E-state index contributed by atoms with van der Waals surface area (Å²) in [6.07, 6.45) is 0. The van der Waals surface area contributed by atoms with Gasteiger partial charge in [0, 0.05) is 13.7 Å². The topological polar surface area (TPSA) is 30.5 Å². The van der Waals surface area contributed by atoms with Crippen LogP contribution in [0.25, 0.3) is 0 Å². The third kappa shape index (κ3) is 32.7. The molecule has 0 amide bonds. The van der Waals surface area contributed by atoms with Gasteiger partial charge >= 0.3 is 0 Å². The molecule has 3 heteroatoms. The smallest absolute Gasteiger partial charge is 0.0653 e. The van der Waals surface area contributed by atoms with Crippen LogP contribution < -0.4 is 5.48 Å². The molecule has 0 rings (SSSR count). The molecule has 0 fully saturated rings. The van der Waals surface area contributed by atoms with Crippen LogP contribution in [0.2, 0.25) is 0 Å². The van der Waals surface area contributed by atoms with Gasteiger partial charge in [0.1, 0.15) is 0 Å². The Kier molecular flexibility index (Phi) is 45.7. The molecule has 0 aliphatic carbocycles. The van der Waals surface area contributed by atoms with Crippen LogP contribution in [0.15, 0.2) is 0 Å². The Morgan fingerprint density at radius 2 is 1.58 bits per heavy atom. The van der Waals surface area contributed by atoms with E-state index in [0.29, 0.717) is 13.2 Å². The molecule has 3 nitrogen and oxygen atoms in total. The Morgan fingerprint density at radius 3 is 1.92 bits per heavy atom. The second kappa shape index (κ2) is 30.7. The average Bonchev–Trinajstić information content (AvgIpc) is 2.19. The van der Waals surface area contributed by atoms with E-state index in [2.05, 4.69) is 5.48 Å². The minimum atomic E-state index is 0.694. The van der Waals surface area contributed by atoms with Gasteiger partial charge in [0.2, 0.25) is 0 Å². The third-order valence-corrected chi connectivity index (χ3v) is 0.655. The molecule has 0 aromatic rings. The van der Waals surface area contributed by atoms with Crippen LogP contribution in [0.4, 0.5) is 0 Å². The molecule has 0 aliphatic rings. The van der Waals surface area contributed by atoms with E-state index in [1.807, 2.05) is 34.6 Å². The largest absolute Gasteiger partial charge is 0.383 e. The molecule has 0 saturated carbocycles. The monoisotopic (exact) mass is 179 g/mol. The zero-order valence-electron chi connectivity index (χ0n) is 9.44. The summed E-state index contributed by atoms with van der Waals surface area (Å²) in [5.41, 5.74) is 2.71. The first-order chi connectivity index (χ1) is 5.91.